The van der Waals surface area contributed by atoms with Crippen molar-refractivity contribution in [2.45, 2.75) is 51.7 Å². The number of morpholine rings is 1. The monoisotopic (exact) mass is 398 g/mol. The lowest BCUT2D eigenvalue weighted by Crippen LogP contribution is -2.58. The normalized spacial score (nSPS) is 24.4. The summed E-state index contributed by atoms with van der Waals surface area (Å²) in [6.07, 6.45) is 3.58. The maximum absolute atomic E-state index is 12.7. The van der Waals surface area contributed by atoms with Crippen LogP contribution in [-0.2, 0) is 9.53 Å². The quantitative estimate of drug-likeness (QED) is 0.641. The van der Waals surface area contributed by atoms with Gasteiger partial charge < -0.3 is 20.1 Å². The third-order valence-corrected chi connectivity index (χ3v) is 5.97. The van der Waals surface area contributed by atoms with Gasteiger partial charge in [-0.25, -0.2) is 4.79 Å². The van der Waals surface area contributed by atoms with Gasteiger partial charge in [0.1, 0.15) is 0 Å². The summed E-state index contributed by atoms with van der Waals surface area (Å²) in [4.78, 5) is 29.5. The Balaban J connectivity index is 1.80. The molecule has 0 aromatic carbocycles. The molecule has 2 heterocycles. The Hall–Kier alpha value is -1.38. The van der Waals surface area contributed by atoms with Crippen LogP contribution in [0.4, 0.5) is 4.79 Å². The lowest BCUT2D eigenvalue weighted by molar-refractivity contribution is -0.138. The number of ether oxygens (including phenoxy) is 1. The van der Waals surface area contributed by atoms with Gasteiger partial charge in [0.15, 0.2) is 0 Å². The van der Waals surface area contributed by atoms with Gasteiger partial charge in [0.2, 0.25) is 0 Å². The van der Waals surface area contributed by atoms with E-state index in [-0.39, 0.29) is 24.2 Å². The van der Waals surface area contributed by atoms with E-state index in [2.05, 4.69) is 31.0 Å². The second kappa shape index (κ2) is 10.4. The third kappa shape index (κ3) is 6.90. The number of likely N-dealkylation sites (N-methyl/N-ethyl adjacent to an activating group) is 1. The molecule has 2 N–H and O–H groups in total. The first-order valence-corrected chi connectivity index (χ1v) is 10.5. The van der Waals surface area contributed by atoms with Crippen molar-refractivity contribution in [3.05, 3.63) is 0 Å². The fraction of sp³-hybridized carbons (Fsp3) is 0.900. The number of hydrogen-bond acceptors (Lipinski definition) is 5. The molecule has 0 aromatic rings. The molecule has 2 saturated heterocycles. The zero-order valence-electron chi connectivity index (χ0n) is 17.9. The number of carbonyl (C=O) groups excluding carboxylic acids is 1. The van der Waals surface area contributed by atoms with Gasteiger partial charge in [0, 0.05) is 38.3 Å². The van der Waals surface area contributed by atoms with Crippen LogP contribution < -0.4 is 5.32 Å². The lowest BCUT2D eigenvalue weighted by atomic mass is 9.91. The Morgan fingerprint density at radius 2 is 2.04 bits per heavy atom. The van der Waals surface area contributed by atoms with E-state index in [1.807, 2.05) is 0 Å². The number of carbonyl (C=O) groups is 2. The summed E-state index contributed by atoms with van der Waals surface area (Å²) in [7, 11) is 1.75. The first-order chi connectivity index (χ1) is 13.2. The molecule has 0 spiro atoms. The molecule has 2 amide bonds. The molecule has 0 radical (unpaired) electrons. The average Bonchev–Trinajstić information content (AvgIpc) is 2.65. The van der Waals surface area contributed by atoms with Crippen LogP contribution in [0, 0.1) is 5.92 Å². The van der Waals surface area contributed by atoms with E-state index in [9.17, 15) is 9.59 Å². The second-order valence-electron chi connectivity index (χ2n) is 8.86. The summed E-state index contributed by atoms with van der Waals surface area (Å²) >= 11 is 0. The summed E-state index contributed by atoms with van der Waals surface area (Å²) in [6.45, 7) is 11.5. The van der Waals surface area contributed by atoms with Gasteiger partial charge in [-0.15, -0.1) is 0 Å². The Kier molecular flexibility index (Phi) is 8.52. The minimum atomic E-state index is -0.863. The predicted molar refractivity (Wildman–Crippen MR) is 109 cm³/mol. The van der Waals surface area contributed by atoms with E-state index in [0.29, 0.717) is 32.8 Å². The number of hydrogen-bond donors (Lipinski definition) is 2. The molecule has 2 fully saturated rings. The highest BCUT2D eigenvalue weighted by Crippen LogP contribution is 2.25. The van der Waals surface area contributed by atoms with Gasteiger partial charge in [-0.2, -0.15) is 0 Å². The van der Waals surface area contributed by atoms with Crippen LogP contribution in [0.3, 0.4) is 0 Å². The van der Waals surface area contributed by atoms with Crippen molar-refractivity contribution in [2.75, 3.05) is 59.5 Å². The zero-order valence-corrected chi connectivity index (χ0v) is 17.9. The molecule has 2 aliphatic rings. The maximum Gasteiger partial charge on any atom is 0.317 e. The molecule has 2 aliphatic heterocycles. The van der Waals surface area contributed by atoms with Crippen molar-refractivity contribution >= 4 is 12.0 Å². The SMILES string of the molecule is CCC1CCCN(C(C)(C)CNC(=O)N2CCOC(CN(C)CC(=O)O)C2)C1. The van der Waals surface area contributed by atoms with E-state index < -0.39 is 5.97 Å². The Morgan fingerprint density at radius 3 is 2.71 bits per heavy atom. The highest BCUT2D eigenvalue weighted by atomic mass is 16.5. The summed E-state index contributed by atoms with van der Waals surface area (Å²) in [6, 6.07) is -0.0636. The topological polar surface area (TPSA) is 85.4 Å². The fourth-order valence-electron chi connectivity index (χ4n) is 4.12. The molecular formula is C20H38N4O4. The lowest BCUT2D eigenvalue weighted by Gasteiger charge is -2.44. The van der Waals surface area contributed by atoms with Gasteiger partial charge >= 0.3 is 12.0 Å². The maximum atomic E-state index is 12.7. The number of urea groups is 1. The summed E-state index contributed by atoms with van der Waals surface area (Å²) in [5.74, 6) is -0.107. The number of carboxylic acids is 1. The molecule has 0 saturated carbocycles. The molecule has 162 valence electrons. The largest absolute Gasteiger partial charge is 0.480 e. The molecule has 0 aliphatic carbocycles. The molecule has 2 atom stereocenters. The molecule has 2 unspecified atom stereocenters. The first kappa shape index (κ1) is 22.9. The molecule has 0 bridgehead atoms. The summed E-state index contributed by atoms with van der Waals surface area (Å²) in [5, 5.41) is 12.0. The molecule has 8 nitrogen and oxygen atoms in total. The van der Waals surface area contributed by atoms with E-state index in [1.54, 1.807) is 16.8 Å². The highest BCUT2D eigenvalue weighted by Gasteiger charge is 2.32. The Morgan fingerprint density at radius 1 is 1.29 bits per heavy atom. The van der Waals surface area contributed by atoms with Crippen molar-refractivity contribution in [2.24, 2.45) is 5.92 Å². The average molecular weight is 399 g/mol. The first-order valence-electron chi connectivity index (χ1n) is 10.5. The molecule has 28 heavy (non-hydrogen) atoms. The Bertz CT molecular complexity index is 528. The number of amides is 2. The van der Waals surface area contributed by atoms with Gasteiger partial charge in [0.05, 0.1) is 19.3 Å². The van der Waals surface area contributed by atoms with Crippen molar-refractivity contribution in [3.63, 3.8) is 0 Å². The van der Waals surface area contributed by atoms with E-state index in [0.717, 1.165) is 19.0 Å². The van der Waals surface area contributed by atoms with Crippen LogP contribution in [0.5, 0.6) is 0 Å². The van der Waals surface area contributed by atoms with E-state index in [4.69, 9.17) is 9.84 Å². The van der Waals surface area contributed by atoms with Crippen molar-refractivity contribution in [3.8, 4) is 0 Å². The van der Waals surface area contributed by atoms with Crippen LogP contribution in [0.2, 0.25) is 0 Å². The second-order valence-corrected chi connectivity index (χ2v) is 8.86. The summed E-state index contributed by atoms with van der Waals surface area (Å²) in [5.41, 5.74) is -0.0725. The van der Waals surface area contributed by atoms with Gasteiger partial charge in [0.25, 0.3) is 0 Å². The number of nitrogens with one attached hydrogen (secondary N) is 1. The predicted octanol–water partition coefficient (Wildman–Crippen LogP) is 1.31. The fourth-order valence-corrected chi connectivity index (χ4v) is 4.12. The van der Waals surface area contributed by atoms with Crippen LogP contribution >= 0.6 is 0 Å². The number of carboxylic acid groups (broad SMARTS) is 1. The standard InChI is InChI=1S/C20H38N4O4/c1-5-16-7-6-8-24(11-16)20(2,3)15-21-19(27)23-9-10-28-17(13-23)12-22(4)14-18(25)26/h16-17H,5-15H2,1-4H3,(H,21,27)(H,25,26). The molecular weight excluding hydrogens is 360 g/mol. The number of rotatable bonds is 8. The van der Waals surface area contributed by atoms with Crippen molar-refractivity contribution < 1.29 is 19.4 Å². The third-order valence-electron chi connectivity index (χ3n) is 5.97. The number of nitrogens with zero attached hydrogens (tertiary/aromatic N) is 3. The van der Waals surface area contributed by atoms with Crippen LogP contribution in [0.25, 0.3) is 0 Å². The minimum absolute atomic E-state index is 0.0329. The van der Waals surface area contributed by atoms with Crippen molar-refractivity contribution in [1.82, 2.24) is 20.0 Å². The minimum Gasteiger partial charge on any atom is -0.480 e. The molecule has 8 heteroatoms. The highest BCUT2D eigenvalue weighted by molar-refractivity contribution is 5.74. The van der Waals surface area contributed by atoms with E-state index >= 15 is 0 Å². The Labute approximate surface area is 169 Å². The van der Waals surface area contributed by atoms with Gasteiger partial charge in [-0.05, 0) is 46.2 Å². The summed E-state index contributed by atoms with van der Waals surface area (Å²) < 4.78 is 5.71. The number of aliphatic carboxylic acids is 1. The van der Waals surface area contributed by atoms with Crippen LogP contribution in [-0.4, -0.2) is 103 Å². The van der Waals surface area contributed by atoms with Gasteiger partial charge in [-0.1, -0.05) is 13.3 Å². The van der Waals surface area contributed by atoms with Crippen molar-refractivity contribution in [1.29, 1.82) is 0 Å². The van der Waals surface area contributed by atoms with Crippen LogP contribution in [0.1, 0.15) is 40.0 Å². The van der Waals surface area contributed by atoms with Crippen LogP contribution in [0.15, 0.2) is 0 Å². The van der Waals surface area contributed by atoms with E-state index in [1.165, 1.54) is 19.3 Å². The number of piperidine rings is 1. The smallest absolute Gasteiger partial charge is 0.317 e. The number of likely N-dealkylation sites (tertiary alicyclic amines) is 1. The van der Waals surface area contributed by atoms with Gasteiger partial charge in [-0.3, -0.25) is 14.6 Å². The molecule has 0 aromatic heterocycles. The molecule has 2 rings (SSSR count). The zero-order chi connectivity index (χ0) is 20.7.